The second kappa shape index (κ2) is 7.83. The fourth-order valence-corrected chi connectivity index (χ4v) is 3.19. The summed E-state index contributed by atoms with van der Waals surface area (Å²) < 4.78 is 5.78. The summed E-state index contributed by atoms with van der Waals surface area (Å²) in [5.41, 5.74) is 8.92. The number of rotatable bonds is 4. The van der Waals surface area contributed by atoms with E-state index in [2.05, 4.69) is 20.2 Å². The minimum absolute atomic E-state index is 0.01000. The van der Waals surface area contributed by atoms with E-state index in [1.54, 1.807) is 6.20 Å². The molecule has 0 saturated heterocycles. The van der Waals surface area contributed by atoms with Gasteiger partial charge >= 0.3 is 0 Å². The van der Waals surface area contributed by atoms with Gasteiger partial charge in [-0.05, 0) is 24.1 Å². The van der Waals surface area contributed by atoms with Crippen LogP contribution in [0.4, 0.5) is 5.82 Å². The number of nitrogens with two attached hydrogens (primary N) is 1. The van der Waals surface area contributed by atoms with E-state index in [4.69, 9.17) is 10.2 Å². The molecule has 0 aliphatic carbocycles. The van der Waals surface area contributed by atoms with Crippen LogP contribution in [0.2, 0.25) is 0 Å². The summed E-state index contributed by atoms with van der Waals surface area (Å²) in [5.74, 6) is 0.994. The molecule has 4 rings (SSSR count). The second-order valence-corrected chi connectivity index (χ2v) is 7.19. The van der Waals surface area contributed by atoms with E-state index < -0.39 is 0 Å². The first-order valence-corrected chi connectivity index (χ1v) is 9.53. The number of benzene rings is 1. The SMILES string of the molecule is CC(C)C(=O)N1CC=C(c2cnc(N)c(-c3nnc(-c4ccccc4)o3)n2)CC1. The molecule has 8 nitrogen and oxygen atoms in total. The molecule has 8 heteroatoms. The number of carbonyl (C=O) groups excluding carboxylic acids is 1. The molecule has 148 valence electrons. The van der Waals surface area contributed by atoms with Gasteiger partial charge in [0.1, 0.15) is 0 Å². The van der Waals surface area contributed by atoms with Crippen molar-refractivity contribution >= 4 is 17.3 Å². The van der Waals surface area contributed by atoms with Crippen LogP contribution >= 0.6 is 0 Å². The first-order chi connectivity index (χ1) is 14.0. The minimum Gasteiger partial charge on any atom is -0.414 e. The molecule has 3 aromatic rings. The van der Waals surface area contributed by atoms with Crippen LogP contribution in [0.3, 0.4) is 0 Å². The zero-order valence-corrected chi connectivity index (χ0v) is 16.4. The molecule has 0 radical (unpaired) electrons. The predicted octanol–water partition coefficient (Wildman–Crippen LogP) is 3.05. The van der Waals surface area contributed by atoms with Crippen molar-refractivity contribution in [1.29, 1.82) is 0 Å². The summed E-state index contributed by atoms with van der Waals surface area (Å²) in [6, 6.07) is 9.49. The quantitative estimate of drug-likeness (QED) is 0.729. The number of aromatic nitrogens is 4. The van der Waals surface area contributed by atoms with Crippen LogP contribution in [0.15, 0.2) is 47.0 Å². The van der Waals surface area contributed by atoms with E-state index in [9.17, 15) is 4.79 Å². The monoisotopic (exact) mass is 390 g/mol. The van der Waals surface area contributed by atoms with Gasteiger partial charge < -0.3 is 15.1 Å². The van der Waals surface area contributed by atoms with Crippen LogP contribution in [0.25, 0.3) is 28.6 Å². The van der Waals surface area contributed by atoms with Gasteiger partial charge in [-0.3, -0.25) is 4.79 Å². The Hall–Kier alpha value is -3.55. The van der Waals surface area contributed by atoms with Gasteiger partial charge in [-0.15, -0.1) is 10.2 Å². The number of hydrogen-bond acceptors (Lipinski definition) is 7. The average Bonchev–Trinajstić information content (AvgIpc) is 3.24. The average molecular weight is 390 g/mol. The third-order valence-electron chi connectivity index (χ3n) is 4.79. The molecule has 0 bridgehead atoms. The minimum atomic E-state index is -0.01000. The predicted molar refractivity (Wildman–Crippen MR) is 109 cm³/mol. The van der Waals surface area contributed by atoms with Crippen LogP contribution in [-0.2, 0) is 4.79 Å². The number of hydrogen-bond donors (Lipinski definition) is 1. The molecular weight excluding hydrogens is 368 g/mol. The Morgan fingerprint density at radius 1 is 1.17 bits per heavy atom. The summed E-state index contributed by atoms with van der Waals surface area (Å²) >= 11 is 0. The number of anilines is 1. The van der Waals surface area contributed by atoms with Gasteiger partial charge in [-0.2, -0.15) is 0 Å². The molecule has 3 heterocycles. The first kappa shape index (κ1) is 18.8. The number of nitrogen functional groups attached to an aromatic ring is 1. The maximum absolute atomic E-state index is 12.2. The van der Waals surface area contributed by atoms with Gasteiger partial charge in [0.05, 0.1) is 11.9 Å². The van der Waals surface area contributed by atoms with Crippen molar-refractivity contribution in [3.8, 4) is 23.0 Å². The molecule has 1 aliphatic heterocycles. The standard InChI is InChI=1S/C21H22N6O2/c1-13(2)21(28)27-10-8-14(9-11-27)16-12-23-18(22)17(24-16)20-26-25-19(29-20)15-6-4-3-5-7-15/h3-8,12-13H,9-11H2,1-2H3,(H2,22,23). The summed E-state index contributed by atoms with van der Waals surface area (Å²) in [6.45, 7) is 5.04. The molecule has 1 aliphatic rings. The van der Waals surface area contributed by atoms with Crippen molar-refractivity contribution < 1.29 is 9.21 Å². The Morgan fingerprint density at radius 2 is 1.93 bits per heavy atom. The highest BCUT2D eigenvalue weighted by atomic mass is 16.4. The van der Waals surface area contributed by atoms with Crippen LogP contribution in [0, 0.1) is 5.92 Å². The molecule has 1 amide bonds. The topological polar surface area (TPSA) is 111 Å². The molecule has 0 atom stereocenters. The second-order valence-electron chi connectivity index (χ2n) is 7.19. The molecule has 0 fully saturated rings. The molecule has 0 saturated carbocycles. The summed E-state index contributed by atoms with van der Waals surface area (Å²) in [6.07, 6.45) is 4.35. The third-order valence-corrected chi connectivity index (χ3v) is 4.79. The fraction of sp³-hybridized carbons (Fsp3) is 0.286. The third kappa shape index (κ3) is 3.87. The van der Waals surface area contributed by atoms with Crippen LogP contribution < -0.4 is 5.73 Å². The number of amides is 1. The van der Waals surface area contributed by atoms with Crippen molar-refractivity contribution in [1.82, 2.24) is 25.1 Å². The van der Waals surface area contributed by atoms with Gasteiger partial charge in [0.15, 0.2) is 11.5 Å². The zero-order chi connectivity index (χ0) is 20.4. The Kier molecular flexibility index (Phi) is 5.07. The van der Waals surface area contributed by atoms with E-state index in [0.717, 1.165) is 11.1 Å². The summed E-state index contributed by atoms with van der Waals surface area (Å²) in [7, 11) is 0. The van der Waals surface area contributed by atoms with Crippen molar-refractivity contribution in [3.63, 3.8) is 0 Å². The molecule has 0 spiro atoms. The van der Waals surface area contributed by atoms with Crippen LogP contribution in [-0.4, -0.2) is 44.1 Å². The van der Waals surface area contributed by atoms with Gasteiger partial charge in [-0.25, -0.2) is 9.97 Å². The van der Waals surface area contributed by atoms with Crippen molar-refractivity contribution in [2.24, 2.45) is 5.92 Å². The van der Waals surface area contributed by atoms with Gasteiger partial charge in [0.2, 0.25) is 11.8 Å². The lowest BCUT2D eigenvalue weighted by molar-refractivity contribution is -0.134. The number of carbonyl (C=O) groups is 1. The smallest absolute Gasteiger partial charge is 0.270 e. The molecule has 2 N–H and O–H groups in total. The largest absolute Gasteiger partial charge is 0.414 e. The first-order valence-electron chi connectivity index (χ1n) is 9.53. The van der Waals surface area contributed by atoms with Crippen LogP contribution in [0.1, 0.15) is 26.0 Å². The van der Waals surface area contributed by atoms with E-state index in [1.807, 2.05) is 55.2 Å². The maximum atomic E-state index is 12.2. The molecule has 2 aromatic heterocycles. The Morgan fingerprint density at radius 3 is 2.62 bits per heavy atom. The lowest BCUT2D eigenvalue weighted by atomic mass is 10.0. The Balaban J connectivity index is 1.59. The van der Waals surface area contributed by atoms with Gasteiger partial charge in [-0.1, -0.05) is 38.1 Å². The van der Waals surface area contributed by atoms with Crippen molar-refractivity contribution in [3.05, 3.63) is 48.3 Å². The Labute approximate surface area is 168 Å². The van der Waals surface area contributed by atoms with Crippen molar-refractivity contribution in [2.45, 2.75) is 20.3 Å². The summed E-state index contributed by atoms with van der Waals surface area (Å²) in [4.78, 5) is 22.9. The molecular formula is C21H22N6O2. The van der Waals surface area contributed by atoms with E-state index in [-0.39, 0.29) is 23.5 Å². The lowest BCUT2D eigenvalue weighted by Crippen LogP contribution is -2.37. The maximum Gasteiger partial charge on any atom is 0.270 e. The fourth-order valence-electron chi connectivity index (χ4n) is 3.19. The normalized spacial score (nSPS) is 14.2. The van der Waals surface area contributed by atoms with Crippen LogP contribution in [0.5, 0.6) is 0 Å². The molecule has 0 unspecified atom stereocenters. The highest BCUT2D eigenvalue weighted by Crippen LogP contribution is 2.28. The Bertz CT molecular complexity index is 1060. The number of nitrogens with zero attached hydrogens (tertiary/aromatic N) is 5. The van der Waals surface area contributed by atoms with E-state index in [0.29, 0.717) is 36.8 Å². The highest BCUT2D eigenvalue weighted by Gasteiger charge is 2.22. The lowest BCUT2D eigenvalue weighted by Gasteiger charge is -2.27. The molecule has 29 heavy (non-hydrogen) atoms. The van der Waals surface area contributed by atoms with Crippen molar-refractivity contribution in [2.75, 3.05) is 18.8 Å². The highest BCUT2D eigenvalue weighted by molar-refractivity contribution is 5.80. The van der Waals surface area contributed by atoms with E-state index in [1.165, 1.54) is 0 Å². The van der Waals surface area contributed by atoms with Gasteiger partial charge in [0.25, 0.3) is 5.89 Å². The molecule has 1 aromatic carbocycles. The van der Waals surface area contributed by atoms with E-state index >= 15 is 0 Å². The zero-order valence-electron chi connectivity index (χ0n) is 16.4. The van der Waals surface area contributed by atoms with Gasteiger partial charge in [0, 0.05) is 24.6 Å². The summed E-state index contributed by atoms with van der Waals surface area (Å²) in [5, 5.41) is 8.19.